The summed E-state index contributed by atoms with van der Waals surface area (Å²) in [6.45, 7) is 5.68. The van der Waals surface area contributed by atoms with Crippen LogP contribution in [0.3, 0.4) is 0 Å². The SMILES string of the molecule is CC(C)n1ncc(N)c1C(=O)N1CCCCCC1. The van der Waals surface area contributed by atoms with Crippen molar-refractivity contribution in [3.8, 4) is 0 Å². The zero-order chi connectivity index (χ0) is 13.1. The molecule has 1 fully saturated rings. The summed E-state index contributed by atoms with van der Waals surface area (Å²) in [5.41, 5.74) is 6.93. The summed E-state index contributed by atoms with van der Waals surface area (Å²) in [5.74, 6) is 0.0283. The third-order valence-corrected chi connectivity index (χ3v) is 3.41. The van der Waals surface area contributed by atoms with E-state index in [1.807, 2.05) is 18.7 Å². The van der Waals surface area contributed by atoms with E-state index in [1.54, 1.807) is 10.9 Å². The molecule has 1 aromatic rings. The molecule has 18 heavy (non-hydrogen) atoms. The highest BCUT2D eigenvalue weighted by molar-refractivity contribution is 5.97. The second-order valence-electron chi connectivity index (χ2n) is 5.19. The lowest BCUT2D eigenvalue weighted by Gasteiger charge is -2.22. The fourth-order valence-corrected chi connectivity index (χ4v) is 2.41. The van der Waals surface area contributed by atoms with Gasteiger partial charge in [-0.2, -0.15) is 5.10 Å². The van der Waals surface area contributed by atoms with E-state index in [0.29, 0.717) is 11.4 Å². The minimum Gasteiger partial charge on any atom is -0.396 e. The van der Waals surface area contributed by atoms with E-state index in [-0.39, 0.29) is 11.9 Å². The standard InChI is InChI=1S/C13H22N4O/c1-10(2)17-12(11(14)9-15-17)13(18)16-7-5-3-4-6-8-16/h9-10H,3-8,14H2,1-2H3. The summed E-state index contributed by atoms with van der Waals surface area (Å²) in [7, 11) is 0. The molecule has 0 aliphatic carbocycles. The predicted molar refractivity (Wildman–Crippen MR) is 71.4 cm³/mol. The predicted octanol–water partition coefficient (Wildman–Crippen LogP) is 2.06. The summed E-state index contributed by atoms with van der Waals surface area (Å²) in [5, 5.41) is 4.20. The van der Waals surface area contributed by atoms with Gasteiger partial charge in [-0.15, -0.1) is 0 Å². The first kappa shape index (κ1) is 12.9. The number of rotatable bonds is 2. The summed E-state index contributed by atoms with van der Waals surface area (Å²) in [6.07, 6.45) is 6.17. The zero-order valence-corrected chi connectivity index (χ0v) is 11.2. The van der Waals surface area contributed by atoms with Gasteiger partial charge in [-0.05, 0) is 26.7 Å². The van der Waals surface area contributed by atoms with Crippen LogP contribution in [0.2, 0.25) is 0 Å². The van der Waals surface area contributed by atoms with Crippen molar-refractivity contribution in [1.29, 1.82) is 0 Å². The highest BCUT2D eigenvalue weighted by Crippen LogP contribution is 2.20. The van der Waals surface area contributed by atoms with E-state index >= 15 is 0 Å². The third kappa shape index (κ3) is 2.49. The van der Waals surface area contributed by atoms with Crippen LogP contribution < -0.4 is 5.73 Å². The fraction of sp³-hybridized carbons (Fsp3) is 0.692. The van der Waals surface area contributed by atoms with E-state index in [2.05, 4.69) is 5.10 Å². The monoisotopic (exact) mass is 250 g/mol. The summed E-state index contributed by atoms with van der Waals surface area (Å²) in [4.78, 5) is 14.5. The summed E-state index contributed by atoms with van der Waals surface area (Å²) in [6, 6.07) is 0.147. The van der Waals surface area contributed by atoms with Gasteiger partial charge in [0.2, 0.25) is 0 Å². The Morgan fingerprint density at radius 3 is 2.44 bits per heavy atom. The average molecular weight is 250 g/mol. The third-order valence-electron chi connectivity index (χ3n) is 3.41. The molecular weight excluding hydrogens is 228 g/mol. The minimum absolute atomic E-state index is 0.0283. The van der Waals surface area contributed by atoms with Crippen molar-refractivity contribution in [2.24, 2.45) is 0 Å². The Labute approximate surface area is 108 Å². The molecule has 0 bridgehead atoms. The highest BCUT2D eigenvalue weighted by atomic mass is 16.2. The molecule has 0 saturated carbocycles. The molecule has 2 rings (SSSR count). The van der Waals surface area contributed by atoms with Crippen LogP contribution in [0.25, 0.3) is 0 Å². The van der Waals surface area contributed by atoms with Crippen molar-refractivity contribution < 1.29 is 4.79 Å². The molecule has 0 unspecified atom stereocenters. The number of nitrogen functional groups attached to an aromatic ring is 1. The number of anilines is 1. The first-order valence-corrected chi connectivity index (χ1v) is 6.73. The molecule has 1 aliphatic rings. The second-order valence-corrected chi connectivity index (χ2v) is 5.19. The molecule has 1 amide bonds. The molecule has 1 saturated heterocycles. The molecule has 1 aromatic heterocycles. The number of nitrogens with two attached hydrogens (primary N) is 1. The molecule has 100 valence electrons. The average Bonchev–Trinajstić information content (AvgIpc) is 2.56. The van der Waals surface area contributed by atoms with Crippen molar-refractivity contribution in [3.63, 3.8) is 0 Å². The Morgan fingerprint density at radius 1 is 1.28 bits per heavy atom. The zero-order valence-electron chi connectivity index (χ0n) is 11.2. The topological polar surface area (TPSA) is 64.2 Å². The molecule has 5 heteroatoms. The molecular formula is C13H22N4O. The van der Waals surface area contributed by atoms with Crippen LogP contribution in [0.1, 0.15) is 56.1 Å². The number of nitrogens with zero attached hydrogens (tertiary/aromatic N) is 3. The normalized spacial score (nSPS) is 16.9. The van der Waals surface area contributed by atoms with Gasteiger partial charge in [0.1, 0.15) is 5.69 Å². The van der Waals surface area contributed by atoms with E-state index < -0.39 is 0 Å². The minimum atomic E-state index is 0.0283. The molecule has 0 radical (unpaired) electrons. The van der Waals surface area contributed by atoms with Crippen molar-refractivity contribution in [1.82, 2.24) is 14.7 Å². The molecule has 2 N–H and O–H groups in total. The van der Waals surface area contributed by atoms with E-state index in [4.69, 9.17) is 5.73 Å². The van der Waals surface area contributed by atoms with E-state index in [0.717, 1.165) is 25.9 Å². The van der Waals surface area contributed by atoms with Gasteiger partial charge in [0.05, 0.1) is 11.9 Å². The van der Waals surface area contributed by atoms with Crippen LogP contribution in [-0.2, 0) is 0 Å². The smallest absolute Gasteiger partial charge is 0.274 e. The number of likely N-dealkylation sites (tertiary alicyclic amines) is 1. The maximum absolute atomic E-state index is 12.5. The number of amides is 1. The Morgan fingerprint density at radius 2 is 1.89 bits per heavy atom. The first-order chi connectivity index (χ1) is 8.61. The van der Waals surface area contributed by atoms with E-state index in [9.17, 15) is 4.79 Å². The van der Waals surface area contributed by atoms with Crippen LogP contribution in [0.5, 0.6) is 0 Å². The Hall–Kier alpha value is -1.52. The molecule has 2 heterocycles. The maximum atomic E-state index is 12.5. The Bertz CT molecular complexity index is 417. The first-order valence-electron chi connectivity index (χ1n) is 6.73. The number of aromatic nitrogens is 2. The number of hydrogen-bond donors (Lipinski definition) is 1. The Balaban J connectivity index is 2.24. The second kappa shape index (κ2) is 5.42. The van der Waals surface area contributed by atoms with Crippen molar-refractivity contribution in [3.05, 3.63) is 11.9 Å². The van der Waals surface area contributed by atoms with Crippen LogP contribution in [-0.4, -0.2) is 33.7 Å². The number of carbonyl (C=O) groups is 1. The lowest BCUT2D eigenvalue weighted by Crippen LogP contribution is -2.34. The molecule has 0 atom stereocenters. The van der Waals surface area contributed by atoms with Crippen molar-refractivity contribution in [2.45, 2.75) is 45.6 Å². The van der Waals surface area contributed by atoms with Gasteiger partial charge in [0, 0.05) is 19.1 Å². The molecule has 0 aromatic carbocycles. The Kier molecular flexibility index (Phi) is 3.89. The number of carbonyl (C=O) groups excluding carboxylic acids is 1. The lowest BCUT2D eigenvalue weighted by atomic mass is 10.2. The van der Waals surface area contributed by atoms with Crippen LogP contribution >= 0.6 is 0 Å². The highest BCUT2D eigenvalue weighted by Gasteiger charge is 2.24. The number of hydrogen-bond acceptors (Lipinski definition) is 3. The van der Waals surface area contributed by atoms with Crippen LogP contribution in [0, 0.1) is 0 Å². The lowest BCUT2D eigenvalue weighted by molar-refractivity contribution is 0.0748. The van der Waals surface area contributed by atoms with Crippen LogP contribution in [0.4, 0.5) is 5.69 Å². The quantitative estimate of drug-likeness (QED) is 0.873. The van der Waals surface area contributed by atoms with E-state index in [1.165, 1.54) is 12.8 Å². The van der Waals surface area contributed by atoms with Gasteiger partial charge in [-0.1, -0.05) is 12.8 Å². The maximum Gasteiger partial charge on any atom is 0.274 e. The van der Waals surface area contributed by atoms with Gasteiger partial charge < -0.3 is 10.6 Å². The van der Waals surface area contributed by atoms with Crippen molar-refractivity contribution in [2.75, 3.05) is 18.8 Å². The summed E-state index contributed by atoms with van der Waals surface area (Å²) < 4.78 is 1.72. The largest absolute Gasteiger partial charge is 0.396 e. The van der Waals surface area contributed by atoms with Gasteiger partial charge in [-0.3, -0.25) is 9.48 Å². The summed E-state index contributed by atoms with van der Waals surface area (Å²) >= 11 is 0. The molecule has 5 nitrogen and oxygen atoms in total. The van der Waals surface area contributed by atoms with Gasteiger partial charge in [0.25, 0.3) is 5.91 Å². The fourth-order valence-electron chi connectivity index (χ4n) is 2.41. The van der Waals surface area contributed by atoms with Gasteiger partial charge in [0.15, 0.2) is 0 Å². The molecule has 0 spiro atoms. The van der Waals surface area contributed by atoms with Gasteiger partial charge >= 0.3 is 0 Å². The molecule has 1 aliphatic heterocycles. The van der Waals surface area contributed by atoms with Gasteiger partial charge in [-0.25, -0.2) is 0 Å². The van der Waals surface area contributed by atoms with Crippen molar-refractivity contribution >= 4 is 11.6 Å². The van der Waals surface area contributed by atoms with Crippen LogP contribution in [0.15, 0.2) is 6.20 Å².